The van der Waals surface area contributed by atoms with E-state index in [4.69, 9.17) is 4.74 Å². The first-order valence-electron chi connectivity index (χ1n) is 7.09. The zero-order valence-electron chi connectivity index (χ0n) is 11.9. The molecule has 1 fully saturated rings. The Labute approximate surface area is 137 Å². The average Bonchev–Trinajstić information content (AvgIpc) is 3.02. The summed E-state index contributed by atoms with van der Waals surface area (Å²) in [6, 6.07) is 7.74. The highest BCUT2D eigenvalue weighted by Gasteiger charge is 2.25. The minimum absolute atomic E-state index is 0.435. The van der Waals surface area contributed by atoms with Crippen molar-refractivity contribution in [2.45, 2.75) is 6.42 Å². The van der Waals surface area contributed by atoms with E-state index in [0.29, 0.717) is 18.1 Å². The number of hydrogen-bond acceptors (Lipinski definition) is 5. The Morgan fingerprint density at radius 2 is 2.23 bits per heavy atom. The molecule has 22 heavy (non-hydrogen) atoms. The molecule has 1 atom stereocenters. The Bertz CT molecular complexity index is 686. The summed E-state index contributed by atoms with van der Waals surface area (Å²) >= 11 is 3.35. The third-order valence-electron chi connectivity index (χ3n) is 3.67. The van der Waals surface area contributed by atoms with Gasteiger partial charge in [0.05, 0.1) is 12.2 Å². The number of pyridine rings is 2. The highest BCUT2D eigenvalue weighted by molar-refractivity contribution is 9.10. The second-order valence-electron chi connectivity index (χ2n) is 5.23. The summed E-state index contributed by atoms with van der Waals surface area (Å²) in [6.45, 7) is 2.42. The summed E-state index contributed by atoms with van der Waals surface area (Å²) in [5.41, 5.74) is 0.602. The van der Waals surface area contributed by atoms with Crippen LogP contribution in [0.1, 0.15) is 12.0 Å². The molecule has 0 bridgehead atoms. The highest BCUT2D eigenvalue weighted by Crippen LogP contribution is 2.27. The van der Waals surface area contributed by atoms with Gasteiger partial charge in [0.15, 0.2) is 0 Å². The van der Waals surface area contributed by atoms with Gasteiger partial charge in [0.2, 0.25) is 0 Å². The molecule has 0 radical (unpaired) electrons. The van der Waals surface area contributed by atoms with Crippen molar-refractivity contribution in [2.75, 3.05) is 24.6 Å². The molecule has 5 nitrogen and oxygen atoms in total. The van der Waals surface area contributed by atoms with Gasteiger partial charge < -0.3 is 9.64 Å². The third kappa shape index (κ3) is 3.37. The second-order valence-corrected chi connectivity index (χ2v) is 6.15. The Balaban J connectivity index is 1.62. The topological polar surface area (TPSA) is 62.0 Å². The standard InChI is InChI=1S/C16H15BrN4O/c17-14-7-13(8-18)16(20-9-14)21-6-3-12(10-21)11-22-15-1-4-19-5-2-15/h1-2,4-5,7,9,12H,3,6,10-11H2. The van der Waals surface area contributed by atoms with Crippen LogP contribution in [0.4, 0.5) is 5.82 Å². The van der Waals surface area contributed by atoms with Crippen LogP contribution in [0.2, 0.25) is 0 Å². The molecule has 0 amide bonds. The largest absolute Gasteiger partial charge is 0.493 e. The summed E-state index contributed by atoms with van der Waals surface area (Å²) in [4.78, 5) is 10.5. The molecule has 1 aliphatic rings. The molecule has 3 heterocycles. The van der Waals surface area contributed by atoms with Gasteiger partial charge >= 0.3 is 0 Å². The van der Waals surface area contributed by atoms with Crippen molar-refractivity contribution in [3.63, 3.8) is 0 Å². The van der Waals surface area contributed by atoms with Gasteiger partial charge in [-0.15, -0.1) is 0 Å². The Kier molecular flexibility index (Phi) is 4.54. The number of ether oxygens (including phenoxy) is 1. The zero-order valence-corrected chi connectivity index (χ0v) is 13.5. The van der Waals surface area contributed by atoms with Crippen molar-refractivity contribution in [1.29, 1.82) is 5.26 Å². The number of anilines is 1. The van der Waals surface area contributed by atoms with Gasteiger partial charge in [-0.3, -0.25) is 4.98 Å². The first-order valence-corrected chi connectivity index (χ1v) is 7.89. The molecular formula is C16H15BrN4O. The minimum atomic E-state index is 0.435. The van der Waals surface area contributed by atoms with E-state index in [1.165, 1.54) is 0 Å². The van der Waals surface area contributed by atoms with E-state index < -0.39 is 0 Å². The molecule has 6 heteroatoms. The number of hydrogen-bond donors (Lipinski definition) is 0. The predicted octanol–water partition coefficient (Wildman–Crippen LogP) is 3.02. The maximum absolute atomic E-state index is 9.25. The smallest absolute Gasteiger partial charge is 0.146 e. The SMILES string of the molecule is N#Cc1cc(Br)cnc1N1CCC(COc2ccncc2)C1. The summed E-state index contributed by atoms with van der Waals surface area (Å²) in [7, 11) is 0. The van der Waals surface area contributed by atoms with Gasteiger partial charge in [-0.25, -0.2) is 4.98 Å². The number of aromatic nitrogens is 2. The fraction of sp³-hybridized carbons (Fsp3) is 0.312. The third-order valence-corrected chi connectivity index (χ3v) is 4.11. The molecule has 0 N–H and O–H groups in total. The Morgan fingerprint density at radius 1 is 1.41 bits per heavy atom. The van der Waals surface area contributed by atoms with Gasteiger partial charge in [0, 0.05) is 42.1 Å². The van der Waals surface area contributed by atoms with E-state index in [1.807, 2.05) is 18.2 Å². The van der Waals surface area contributed by atoms with Crippen LogP contribution in [-0.2, 0) is 0 Å². The van der Waals surface area contributed by atoms with Crippen LogP contribution >= 0.6 is 15.9 Å². The molecule has 2 aromatic rings. The molecule has 0 saturated carbocycles. The minimum Gasteiger partial charge on any atom is -0.493 e. The van der Waals surface area contributed by atoms with Crippen molar-refractivity contribution in [1.82, 2.24) is 9.97 Å². The molecule has 3 rings (SSSR count). The lowest BCUT2D eigenvalue weighted by Crippen LogP contribution is -2.23. The molecule has 0 spiro atoms. The first kappa shape index (κ1) is 14.8. The lowest BCUT2D eigenvalue weighted by Gasteiger charge is -2.19. The van der Waals surface area contributed by atoms with Crippen LogP contribution in [0.5, 0.6) is 5.75 Å². The second kappa shape index (κ2) is 6.75. The van der Waals surface area contributed by atoms with Gasteiger partial charge in [0.1, 0.15) is 17.6 Å². The number of halogens is 1. The molecule has 0 aliphatic carbocycles. The van der Waals surface area contributed by atoms with Gasteiger partial charge in [-0.1, -0.05) is 0 Å². The van der Waals surface area contributed by atoms with E-state index in [-0.39, 0.29) is 0 Å². The lowest BCUT2D eigenvalue weighted by atomic mass is 10.1. The average molecular weight is 359 g/mol. The fourth-order valence-corrected chi connectivity index (χ4v) is 2.91. The quantitative estimate of drug-likeness (QED) is 0.840. The van der Waals surface area contributed by atoms with Crippen LogP contribution in [0.3, 0.4) is 0 Å². The number of rotatable bonds is 4. The van der Waals surface area contributed by atoms with E-state index >= 15 is 0 Å². The lowest BCUT2D eigenvalue weighted by molar-refractivity contribution is 0.261. The highest BCUT2D eigenvalue weighted by atomic mass is 79.9. The van der Waals surface area contributed by atoms with Gasteiger partial charge in [-0.05, 0) is 40.5 Å². The molecule has 2 aromatic heterocycles. The predicted molar refractivity (Wildman–Crippen MR) is 86.7 cm³/mol. The molecule has 112 valence electrons. The maximum Gasteiger partial charge on any atom is 0.146 e. The van der Waals surface area contributed by atoms with E-state index in [2.05, 4.69) is 36.9 Å². The summed E-state index contributed by atoms with van der Waals surface area (Å²) < 4.78 is 6.61. The van der Waals surface area contributed by atoms with Gasteiger partial charge in [0.25, 0.3) is 0 Å². The van der Waals surface area contributed by atoms with Crippen molar-refractivity contribution >= 4 is 21.7 Å². The number of nitrogens with zero attached hydrogens (tertiary/aromatic N) is 4. The molecular weight excluding hydrogens is 344 g/mol. The van der Waals surface area contributed by atoms with E-state index in [1.54, 1.807) is 18.6 Å². The fourth-order valence-electron chi connectivity index (χ4n) is 2.58. The normalized spacial score (nSPS) is 17.3. The number of nitriles is 1. The van der Waals surface area contributed by atoms with Crippen molar-refractivity contribution < 1.29 is 4.74 Å². The monoisotopic (exact) mass is 358 g/mol. The van der Waals surface area contributed by atoms with Gasteiger partial charge in [-0.2, -0.15) is 5.26 Å². The van der Waals surface area contributed by atoms with Crippen molar-refractivity contribution in [2.24, 2.45) is 5.92 Å². The molecule has 1 unspecified atom stereocenters. The van der Waals surface area contributed by atoms with Crippen LogP contribution in [0.15, 0.2) is 41.3 Å². The first-order chi connectivity index (χ1) is 10.8. The van der Waals surface area contributed by atoms with Crippen LogP contribution < -0.4 is 9.64 Å². The molecule has 0 aromatic carbocycles. The summed E-state index contributed by atoms with van der Waals surface area (Å²) in [5.74, 6) is 2.04. The van der Waals surface area contributed by atoms with Crippen LogP contribution in [-0.4, -0.2) is 29.7 Å². The van der Waals surface area contributed by atoms with E-state index in [0.717, 1.165) is 35.6 Å². The molecule has 1 aliphatic heterocycles. The van der Waals surface area contributed by atoms with Crippen molar-refractivity contribution in [3.05, 3.63) is 46.8 Å². The van der Waals surface area contributed by atoms with Crippen LogP contribution in [0, 0.1) is 17.2 Å². The molecule has 1 saturated heterocycles. The summed E-state index contributed by atoms with van der Waals surface area (Å²) in [6.07, 6.45) is 6.22. The van der Waals surface area contributed by atoms with E-state index in [9.17, 15) is 5.26 Å². The van der Waals surface area contributed by atoms with Crippen molar-refractivity contribution in [3.8, 4) is 11.8 Å². The van der Waals surface area contributed by atoms with Crippen LogP contribution in [0.25, 0.3) is 0 Å². The Hall–Kier alpha value is -2.13. The maximum atomic E-state index is 9.25. The zero-order chi connectivity index (χ0) is 15.4. The summed E-state index contributed by atoms with van der Waals surface area (Å²) in [5, 5.41) is 9.25. The Morgan fingerprint density at radius 3 is 3.00 bits per heavy atom.